The maximum Gasteiger partial charge on any atom is 0.0543 e. The maximum absolute atomic E-state index is 5.55. The van der Waals surface area contributed by atoms with Crippen LogP contribution in [0.5, 0.6) is 0 Å². The van der Waals surface area contributed by atoms with E-state index < -0.39 is 0 Å². The molecule has 0 rings (SSSR count). The van der Waals surface area contributed by atoms with Gasteiger partial charge in [-0.25, -0.2) is 0 Å². The van der Waals surface area contributed by atoms with Crippen LogP contribution in [-0.4, -0.2) is 22.1 Å². The van der Waals surface area contributed by atoms with E-state index >= 15 is 0 Å². The lowest BCUT2D eigenvalue weighted by Crippen LogP contribution is -2.18. The monoisotopic (exact) mass is 145 g/mol. The molecule has 0 aromatic heterocycles. The molecule has 0 heterocycles. The third-order valence-electron chi connectivity index (χ3n) is 1.45. The molecule has 2 heteroatoms. The van der Waals surface area contributed by atoms with Crippen molar-refractivity contribution in [3.63, 3.8) is 0 Å². The zero-order valence-electron chi connectivity index (χ0n) is 6.68. The molecular weight excluding hydrogens is 128 g/mol. The normalized spacial score (nSPS) is 17.7. The van der Waals surface area contributed by atoms with Crippen molar-refractivity contribution in [3.8, 4) is 0 Å². The summed E-state index contributed by atoms with van der Waals surface area (Å²) in [6.07, 6.45) is 2.46. The van der Waals surface area contributed by atoms with Gasteiger partial charge in [0.1, 0.15) is 0 Å². The Morgan fingerprint density at radius 2 is 2.22 bits per heavy atom. The van der Waals surface area contributed by atoms with Crippen LogP contribution in [-0.2, 0) is 4.74 Å². The molecule has 0 amide bonds. The van der Waals surface area contributed by atoms with Gasteiger partial charge in [-0.2, -0.15) is 0 Å². The standard InChI is InChI=1S/C7H17OSi/c1-4-6(3)8-7(9)5-2/h6-7H,2,4-5H2,1,3,9H3. The van der Waals surface area contributed by atoms with Gasteiger partial charge in [-0.05, 0) is 19.8 Å². The number of hydrogen-bond acceptors (Lipinski definition) is 1. The molecule has 0 bridgehead atoms. The minimum atomic E-state index is 0.425. The van der Waals surface area contributed by atoms with E-state index in [1.807, 2.05) is 0 Å². The van der Waals surface area contributed by atoms with Crippen molar-refractivity contribution >= 4 is 10.2 Å². The fourth-order valence-corrected chi connectivity index (χ4v) is 1.03. The Kier molecular flexibility index (Phi) is 5.10. The number of hydrogen-bond donors (Lipinski definition) is 0. The summed E-state index contributed by atoms with van der Waals surface area (Å²) in [6.45, 7) is 8.04. The zero-order chi connectivity index (χ0) is 7.28. The Morgan fingerprint density at radius 3 is 2.56 bits per heavy atom. The molecule has 2 unspecified atom stereocenters. The molecule has 2 atom stereocenters. The number of rotatable bonds is 4. The average Bonchev–Trinajstić information content (AvgIpc) is 1.87. The van der Waals surface area contributed by atoms with Crippen LogP contribution in [0.1, 0.15) is 26.7 Å². The highest BCUT2D eigenvalue weighted by Gasteiger charge is 2.02. The first-order valence-corrected chi connectivity index (χ1v) is 4.80. The molecule has 0 aliphatic carbocycles. The van der Waals surface area contributed by atoms with Crippen LogP contribution in [0.15, 0.2) is 0 Å². The van der Waals surface area contributed by atoms with E-state index in [-0.39, 0.29) is 0 Å². The summed E-state index contributed by atoms with van der Waals surface area (Å²) in [7, 11) is 1.11. The van der Waals surface area contributed by atoms with Gasteiger partial charge in [-0.3, -0.25) is 0 Å². The summed E-state index contributed by atoms with van der Waals surface area (Å²) in [5.74, 6) is 0. The lowest BCUT2D eigenvalue weighted by Gasteiger charge is -2.15. The van der Waals surface area contributed by atoms with Crippen LogP contribution >= 0.6 is 0 Å². The molecule has 0 fully saturated rings. The number of ether oxygens (including phenoxy) is 1. The lowest BCUT2D eigenvalue weighted by atomic mass is 10.3. The van der Waals surface area contributed by atoms with Gasteiger partial charge in [0.25, 0.3) is 0 Å². The lowest BCUT2D eigenvalue weighted by molar-refractivity contribution is 0.0418. The SMILES string of the molecule is [CH2]CC([SiH3])OC(C)CC. The van der Waals surface area contributed by atoms with E-state index in [4.69, 9.17) is 4.74 Å². The van der Waals surface area contributed by atoms with Gasteiger partial charge in [0.15, 0.2) is 0 Å². The summed E-state index contributed by atoms with van der Waals surface area (Å²) in [6, 6.07) is 0. The minimum Gasteiger partial charge on any atom is -0.380 e. The molecule has 55 valence electrons. The third kappa shape index (κ3) is 4.67. The summed E-state index contributed by atoms with van der Waals surface area (Å²) >= 11 is 0. The van der Waals surface area contributed by atoms with Crippen molar-refractivity contribution in [2.45, 2.75) is 38.5 Å². The first-order valence-electron chi connectivity index (χ1n) is 3.65. The van der Waals surface area contributed by atoms with Crippen LogP contribution < -0.4 is 0 Å². The van der Waals surface area contributed by atoms with Crippen molar-refractivity contribution in [3.05, 3.63) is 6.92 Å². The van der Waals surface area contributed by atoms with Gasteiger partial charge in [-0.1, -0.05) is 13.8 Å². The van der Waals surface area contributed by atoms with E-state index in [0.717, 1.165) is 23.1 Å². The van der Waals surface area contributed by atoms with Gasteiger partial charge in [-0.15, -0.1) is 0 Å². The third-order valence-corrected chi connectivity index (χ3v) is 2.30. The minimum absolute atomic E-state index is 0.425. The first-order chi connectivity index (χ1) is 4.20. The summed E-state index contributed by atoms with van der Waals surface area (Å²) < 4.78 is 5.55. The maximum atomic E-state index is 5.55. The topological polar surface area (TPSA) is 9.23 Å². The molecule has 0 N–H and O–H groups in total. The molecule has 0 aliphatic heterocycles. The van der Waals surface area contributed by atoms with Crippen molar-refractivity contribution in [2.75, 3.05) is 0 Å². The van der Waals surface area contributed by atoms with Crippen LogP contribution in [0.4, 0.5) is 0 Å². The van der Waals surface area contributed by atoms with Crippen LogP contribution in [0.3, 0.4) is 0 Å². The fraction of sp³-hybridized carbons (Fsp3) is 0.857. The molecule has 0 spiro atoms. The Hall–Kier alpha value is 0.177. The quantitative estimate of drug-likeness (QED) is 0.530. The Bertz CT molecular complexity index is 57.9. The second kappa shape index (κ2) is 5.00. The average molecular weight is 145 g/mol. The van der Waals surface area contributed by atoms with Gasteiger partial charge in [0, 0.05) is 16.0 Å². The van der Waals surface area contributed by atoms with E-state index in [0.29, 0.717) is 11.8 Å². The molecule has 0 aliphatic rings. The summed E-state index contributed by atoms with van der Waals surface area (Å²) in [5.41, 5.74) is 0.458. The zero-order valence-corrected chi connectivity index (χ0v) is 8.68. The van der Waals surface area contributed by atoms with Gasteiger partial charge < -0.3 is 4.74 Å². The van der Waals surface area contributed by atoms with Gasteiger partial charge in [0.05, 0.1) is 6.10 Å². The molecule has 0 aromatic rings. The van der Waals surface area contributed by atoms with Crippen LogP contribution in [0, 0.1) is 6.92 Å². The van der Waals surface area contributed by atoms with Gasteiger partial charge >= 0.3 is 0 Å². The smallest absolute Gasteiger partial charge is 0.0543 e. The van der Waals surface area contributed by atoms with E-state index in [1.165, 1.54) is 0 Å². The second-order valence-electron chi connectivity index (χ2n) is 2.45. The second-order valence-corrected chi connectivity index (χ2v) is 3.74. The van der Waals surface area contributed by atoms with Crippen molar-refractivity contribution in [1.29, 1.82) is 0 Å². The van der Waals surface area contributed by atoms with Crippen LogP contribution in [0.25, 0.3) is 0 Å². The molecule has 9 heavy (non-hydrogen) atoms. The molecule has 1 radical (unpaired) electrons. The van der Waals surface area contributed by atoms with E-state index in [2.05, 4.69) is 20.8 Å². The fourth-order valence-electron chi connectivity index (χ4n) is 0.561. The first kappa shape index (κ1) is 9.18. The molecular formula is C7H17OSi. The van der Waals surface area contributed by atoms with E-state index in [9.17, 15) is 0 Å². The van der Waals surface area contributed by atoms with Crippen molar-refractivity contribution in [2.24, 2.45) is 0 Å². The van der Waals surface area contributed by atoms with Crippen molar-refractivity contribution < 1.29 is 4.74 Å². The molecule has 0 saturated heterocycles. The Morgan fingerprint density at radius 1 is 1.67 bits per heavy atom. The highest BCUT2D eigenvalue weighted by molar-refractivity contribution is 6.11. The molecule has 0 saturated carbocycles. The van der Waals surface area contributed by atoms with Gasteiger partial charge in [0.2, 0.25) is 0 Å². The summed E-state index contributed by atoms with van der Waals surface area (Å²) in [4.78, 5) is 0. The summed E-state index contributed by atoms with van der Waals surface area (Å²) in [5, 5.41) is 0. The Labute approximate surface area is 61.2 Å². The largest absolute Gasteiger partial charge is 0.380 e. The van der Waals surface area contributed by atoms with Crippen LogP contribution in [0.2, 0.25) is 0 Å². The Balaban J connectivity index is 3.22. The highest BCUT2D eigenvalue weighted by atomic mass is 28.1. The predicted molar refractivity (Wildman–Crippen MR) is 44.5 cm³/mol. The van der Waals surface area contributed by atoms with E-state index in [1.54, 1.807) is 0 Å². The highest BCUT2D eigenvalue weighted by Crippen LogP contribution is 2.00. The molecule has 1 nitrogen and oxygen atoms in total. The predicted octanol–water partition coefficient (Wildman–Crippen LogP) is 0.717. The van der Waals surface area contributed by atoms with Crippen molar-refractivity contribution in [1.82, 2.24) is 0 Å². The molecule has 0 aromatic carbocycles.